The minimum atomic E-state index is -0.364. The van der Waals surface area contributed by atoms with Crippen molar-refractivity contribution >= 4 is 5.91 Å². The Labute approximate surface area is 91.2 Å². The highest BCUT2D eigenvalue weighted by Gasteiger charge is 2.29. The molecule has 1 aliphatic rings. The summed E-state index contributed by atoms with van der Waals surface area (Å²) < 4.78 is 0. The van der Waals surface area contributed by atoms with Gasteiger partial charge in [0, 0.05) is 19.0 Å². The van der Waals surface area contributed by atoms with Gasteiger partial charge in [0.25, 0.3) is 0 Å². The van der Waals surface area contributed by atoms with Gasteiger partial charge in [0.05, 0.1) is 6.10 Å². The molecular formula is C11H22N2O2. The normalized spacial score (nSPS) is 19.7. The maximum Gasteiger partial charge on any atom is 0.221 e. The summed E-state index contributed by atoms with van der Waals surface area (Å²) in [6, 6.07) is -0.0481. The van der Waals surface area contributed by atoms with Gasteiger partial charge in [-0.05, 0) is 25.2 Å². The van der Waals surface area contributed by atoms with Crippen LogP contribution in [0.4, 0.5) is 0 Å². The Balaban J connectivity index is 2.06. The Kier molecular flexibility index (Phi) is 5.05. The van der Waals surface area contributed by atoms with E-state index in [2.05, 4.69) is 12.2 Å². The number of amides is 1. The summed E-state index contributed by atoms with van der Waals surface area (Å²) in [4.78, 5) is 11.4. The number of carbonyl (C=O) groups is 1. The molecule has 0 aliphatic heterocycles. The summed E-state index contributed by atoms with van der Waals surface area (Å²) in [6.45, 7) is 2.43. The van der Waals surface area contributed by atoms with Crippen LogP contribution >= 0.6 is 0 Å². The van der Waals surface area contributed by atoms with Crippen molar-refractivity contribution in [2.24, 2.45) is 11.7 Å². The molecule has 4 heteroatoms. The first-order chi connectivity index (χ1) is 7.13. The number of nitrogens with two attached hydrogens (primary N) is 1. The zero-order valence-corrected chi connectivity index (χ0v) is 9.41. The Morgan fingerprint density at radius 1 is 1.60 bits per heavy atom. The monoisotopic (exact) mass is 214 g/mol. The molecule has 2 unspecified atom stereocenters. The SMILES string of the molecule is CCCC(N)CC(=O)NCC(O)C1CC1. The molecule has 1 amide bonds. The van der Waals surface area contributed by atoms with Crippen LogP contribution in [0.1, 0.15) is 39.0 Å². The first-order valence-corrected chi connectivity index (χ1v) is 5.83. The fourth-order valence-corrected chi connectivity index (χ4v) is 1.65. The molecule has 2 atom stereocenters. The van der Waals surface area contributed by atoms with Crippen molar-refractivity contribution in [3.05, 3.63) is 0 Å². The Morgan fingerprint density at radius 3 is 2.80 bits per heavy atom. The van der Waals surface area contributed by atoms with Gasteiger partial charge in [-0.25, -0.2) is 0 Å². The standard InChI is InChI=1S/C11H22N2O2/c1-2-3-9(12)6-11(15)13-7-10(14)8-4-5-8/h8-10,14H,2-7,12H2,1H3,(H,13,15). The van der Waals surface area contributed by atoms with Crippen LogP contribution in [-0.4, -0.2) is 29.7 Å². The third-order valence-electron chi connectivity index (χ3n) is 2.78. The predicted molar refractivity (Wildman–Crippen MR) is 59.2 cm³/mol. The molecule has 0 heterocycles. The van der Waals surface area contributed by atoms with Crippen molar-refractivity contribution in [1.82, 2.24) is 5.32 Å². The lowest BCUT2D eigenvalue weighted by Crippen LogP contribution is -2.36. The van der Waals surface area contributed by atoms with Gasteiger partial charge < -0.3 is 16.2 Å². The lowest BCUT2D eigenvalue weighted by Gasteiger charge is -2.13. The van der Waals surface area contributed by atoms with Gasteiger partial charge >= 0.3 is 0 Å². The number of nitrogens with one attached hydrogen (secondary N) is 1. The van der Waals surface area contributed by atoms with E-state index >= 15 is 0 Å². The maximum atomic E-state index is 11.4. The van der Waals surface area contributed by atoms with E-state index in [1.807, 2.05) is 0 Å². The molecule has 0 radical (unpaired) electrons. The molecule has 0 saturated heterocycles. The van der Waals surface area contributed by atoms with Crippen molar-refractivity contribution in [3.63, 3.8) is 0 Å². The number of hydrogen-bond donors (Lipinski definition) is 3. The third-order valence-corrected chi connectivity index (χ3v) is 2.78. The van der Waals surface area contributed by atoms with Crippen molar-refractivity contribution < 1.29 is 9.90 Å². The molecule has 0 bridgehead atoms. The number of carbonyl (C=O) groups excluding carboxylic acids is 1. The fourth-order valence-electron chi connectivity index (χ4n) is 1.65. The summed E-state index contributed by atoms with van der Waals surface area (Å²) in [5, 5.41) is 12.3. The van der Waals surface area contributed by atoms with Crippen LogP contribution in [0, 0.1) is 5.92 Å². The van der Waals surface area contributed by atoms with E-state index in [0.29, 0.717) is 18.9 Å². The van der Waals surface area contributed by atoms with E-state index in [1.54, 1.807) is 0 Å². The molecule has 15 heavy (non-hydrogen) atoms. The van der Waals surface area contributed by atoms with E-state index in [9.17, 15) is 9.90 Å². The molecule has 1 saturated carbocycles. The van der Waals surface area contributed by atoms with E-state index in [0.717, 1.165) is 25.7 Å². The van der Waals surface area contributed by atoms with E-state index in [1.165, 1.54) is 0 Å². The van der Waals surface area contributed by atoms with Gasteiger partial charge in [0.2, 0.25) is 5.91 Å². The van der Waals surface area contributed by atoms with Gasteiger partial charge in [-0.15, -0.1) is 0 Å². The van der Waals surface area contributed by atoms with Crippen molar-refractivity contribution in [2.75, 3.05) is 6.54 Å². The van der Waals surface area contributed by atoms with Gasteiger partial charge in [-0.2, -0.15) is 0 Å². The van der Waals surface area contributed by atoms with Gasteiger partial charge in [-0.1, -0.05) is 13.3 Å². The molecule has 0 aromatic rings. The van der Waals surface area contributed by atoms with Gasteiger partial charge in [0.1, 0.15) is 0 Å². The number of rotatable bonds is 7. The van der Waals surface area contributed by atoms with Crippen molar-refractivity contribution in [2.45, 2.75) is 51.2 Å². The average Bonchev–Trinajstić information content (AvgIpc) is 2.97. The summed E-state index contributed by atoms with van der Waals surface area (Å²) >= 11 is 0. The minimum absolute atomic E-state index is 0.0457. The lowest BCUT2D eigenvalue weighted by molar-refractivity contribution is -0.122. The first-order valence-electron chi connectivity index (χ1n) is 5.83. The Hall–Kier alpha value is -0.610. The molecule has 1 rings (SSSR count). The topological polar surface area (TPSA) is 75.4 Å². The van der Waals surface area contributed by atoms with Crippen LogP contribution in [0.5, 0.6) is 0 Å². The van der Waals surface area contributed by atoms with Crippen LogP contribution < -0.4 is 11.1 Å². The van der Waals surface area contributed by atoms with Gasteiger partial charge in [0.15, 0.2) is 0 Å². The molecule has 0 aromatic heterocycles. The second kappa shape index (κ2) is 6.08. The highest BCUT2D eigenvalue weighted by molar-refractivity contribution is 5.76. The summed E-state index contributed by atoms with van der Waals surface area (Å²) in [7, 11) is 0. The predicted octanol–water partition coefficient (Wildman–Crippen LogP) is 0.391. The van der Waals surface area contributed by atoms with Crippen molar-refractivity contribution in [3.8, 4) is 0 Å². The van der Waals surface area contributed by atoms with E-state index < -0.39 is 0 Å². The largest absolute Gasteiger partial charge is 0.391 e. The molecule has 0 spiro atoms. The van der Waals surface area contributed by atoms with Crippen molar-refractivity contribution in [1.29, 1.82) is 0 Å². The molecule has 4 nitrogen and oxygen atoms in total. The molecule has 1 fully saturated rings. The van der Waals surface area contributed by atoms with Crippen LogP contribution in [0.3, 0.4) is 0 Å². The molecule has 1 aliphatic carbocycles. The zero-order valence-electron chi connectivity index (χ0n) is 9.41. The quantitative estimate of drug-likeness (QED) is 0.574. The van der Waals surface area contributed by atoms with Gasteiger partial charge in [-0.3, -0.25) is 4.79 Å². The highest BCUT2D eigenvalue weighted by atomic mass is 16.3. The number of hydrogen-bond acceptors (Lipinski definition) is 3. The lowest BCUT2D eigenvalue weighted by atomic mass is 10.1. The maximum absolute atomic E-state index is 11.4. The fraction of sp³-hybridized carbons (Fsp3) is 0.909. The minimum Gasteiger partial charge on any atom is -0.391 e. The summed E-state index contributed by atoms with van der Waals surface area (Å²) in [5.74, 6) is 0.366. The van der Waals surface area contributed by atoms with Crippen LogP contribution in [0.25, 0.3) is 0 Å². The first kappa shape index (κ1) is 12.5. The Bertz CT molecular complexity index is 205. The summed E-state index contributed by atoms with van der Waals surface area (Å²) in [5.41, 5.74) is 5.74. The van der Waals surface area contributed by atoms with E-state index in [4.69, 9.17) is 5.73 Å². The van der Waals surface area contributed by atoms with Crippen LogP contribution in [-0.2, 0) is 4.79 Å². The third kappa shape index (κ3) is 5.14. The second-order valence-corrected chi connectivity index (χ2v) is 4.46. The second-order valence-electron chi connectivity index (χ2n) is 4.46. The van der Waals surface area contributed by atoms with Crippen LogP contribution in [0.15, 0.2) is 0 Å². The smallest absolute Gasteiger partial charge is 0.221 e. The van der Waals surface area contributed by atoms with Crippen LogP contribution in [0.2, 0.25) is 0 Å². The zero-order chi connectivity index (χ0) is 11.3. The molecule has 0 aromatic carbocycles. The number of aliphatic hydroxyl groups is 1. The van der Waals surface area contributed by atoms with E-state index in [-0.39, 0.29) is 18.1 Å². The molecular weight excluding hydrogens is 192 g/mol. The molecule has 4 N–H and O–H groups in total. The highest BCUT2D eigenvalue weighted by Crippen LogP contribution is 2.32. The Morgan fingerprint density at radius 2 is 2.27 bits per heavy atom. The molecule has 88 valence electrons. The summed E-state index contributed by atoms with van der Waals surface area (Å²) in [6.07, 6.45) is 4.05. The average molecular weight is 214 g/mol. The number of aliphatic hydroxyl groups excluding tert-OH is 1.